The number of phenolic OH excluding ortho intramolecular Hbond substituents is 1. The van der Waals surface area contributed by atoms with Gasteiger partial charge in [0.1, 0.15) is 11.5 Å². The van der Waals surface area contributed by atoms with Crippen molar-refractivity contribution in [1.29, 1.82) is 0 Å². The molecule has 200 valence electrons. The quantitative estimate of drug-likeness (QED) is 0.487. The summed E-state index contributed by atoms with van der Waals surface area (Å²) in [4.78, 5) is 32.4. The van der Waals surface area contributed by atoms with Gasteiger partial charge in [-0.3, -0.25) is 19.4 Å². The molecular formula is C30H35N3O5. The van der Waals surface area contributed by atoms with E-state index in [4.69, 9.17) is 4.74 Å². The number of benzene rings is 3. The third-order valence-corrected chi connectivity index (χ3v) is 7.04. The number of methoxy groups -OCH3 is 2. The maximum absolute atomic E-state index is 13.5. The van der Waals surface area contributed by atoms with Crippen LogP contribution in [0.3, 0.4) is 0 Å². The van der Waals surface area contributed by atoms with Crippen molar-refractivity contribution in [3.05, 3.63) is 89.0 Å². The fourth-order valence-electron chi connectivity index (χ4n) is 5.03. The topological polar surface area (TPSA) is 82.6 Å². The number of piperazine rings is 1. The van der Waals surface area contributed by atoms with E-state index in [2.05, 4.69) is 45.7 Å². The first-order chi connectivity index (χ1) is 18.4. The maximum atomic E-state index is 13.5. The zero-order valence-electron chi connectivity index (χ0n) is 22.4. The second kappa shape index (κ2) is 12.1. The van der Waals surface area contributed by atoms with Gasteiger partial charge in [-0.15, -0.1) is 0 Å². The number of phenols is 1. The number of carbonyl (C=O) groups excluding carboxylic acids is 2. The van der Waals surface area contributed by atoms with Crippen LogP contribution in [0.15, 0.2) is 66.7 Å². The van der Waals surface area contributed by atoms with E-state index in [1.54, 1.807) is 33.5 Å². The number of amides is 2. The van der Waals surface area contributed by atoms with Gasteiger partial charge in [0.05, 0.1) is 30.5 Å². The maximum Gasteiger partial charge on any atom is 0.265 e. The molecule has 0 bridgehead atoms. The second-order valence-electron chi connectivity index (χ2n) is 9.42. The number of nitrogens with zero attached hydrogens (tertiary/aromatic N) is 3. The summed E-state index contributed by atoms with van der Waals surface area (Å²) in [6.07, 6.45) is 0. The minimum atomic E-state index is -0.469. The molecule has 5 rings (SSSR count). The van der Waals surface area contributed by atoms with E-state index >= 15 is 0 Å². The summed E-state index contributed by atoms with van der Waals surface area (Å²) in [7, 11) is 4.83. The highest BCUT2D eigenvalue weighted by molar-refractivity contribution is 6.25. The lowest BCUT2D eigenvalue weighted by atomic mass is 10.0. The summed E-state index contributed by atoms with van der Waals surface area (Å²) in [5.41, 5.74) is 3.15. The van der Waals surface area contributed by atoms with Crippen LogP contribution in [0.1, 0.15) is 44.8 Å². The molecule has 8 heteroatoms. The van der Waals surface area contributed by atoms with Gasteiger partial charge in [0.15, 0.2) is 0 Å². The highest BCUT2D eigenvalue weighted by Crippen LogP contribution is 2.38. The predicted octanol–water partition coefficient (Wildman–Crippen LogP) is 4.34. The van der Waals surface area contributed by atoms with Gasteiger partial charge in [0.25, 0.3) is 11.8 Å². The van der Waals surface area contributed by atoms with Crippen LogP contribution in [-0.2, 0) is 11.3 Å². The Kier molecular flexibility index (Phi) is 8.66. The number of imide groups is 1. The van der Waals surface area contributed by atoms with Crippen LogP contribution in [-0.4, -0.2) is 74.2 Å². The van der Waals surface area contributed by atoms with E-state index in [1.807, 2.05) is 24.3 Å². The number of fused-ring (bicyclic) bond motifs is 1. The fraction of sp³-hybridized carbons (Fsp3) is 0.333. The molecule has 1 fully saturated rings. The monoisotopic (exact) mass is 517 g/mol. The Hall–Kier alpha value is -3.88. The smallest absolute Gasteiger partial charge is 0.265 e. The fourth-order valence-corrected chi connectivity index (χ4v) is 5.03. The third kappa shape index (κ3) is 5.51. The van der Waals surface area contributed by atoms with E-state index in [0.29, 0.717) is 23.0 Å². The minimum Gasteiger partial charge on any atom is -0.507 e. The van der Waals surface area contributed by atoms with Gasteiger partial charge >= 0.3 is 0 Å². The molecule has 8 nitrogen and oxygen atoms in total. The molecule has 2 heterocycles. The van der Waals surface area contributed by atoms with Crippen LogP contribution in [0.25, 0.3) is 0 Å². The molecule has 0 unspecified atom stereocenters. The largest absolute Gasteiger partial charge is 0.507 e. The Labute approximate surface area is 224 Å². The normalized spacial score (nSPS) is 16.1. The number of rotatable bonds is 6. The molecule has 2 aliphatic rings. The zero-order chi connectivity index (χ0) is 27.2. The molecule has 3 aromatic carbocycles. The molecule has 1 atom stereocenters. The summed E-state index contributed by atoms with van der Waals surface area (Å²) in [5, 5.41) is 10.5. The molecule has 2 aliphatic heterocycles. The number of aromatic hydroxyl groups is 1. The van der Waals surface area contributed by atoms with Crippen LogP contribution < -0.4 is 9.64 Å². The van der Waals surface area contributed by atoms with Crippen molar-refractivity contribution in [2.75, 3.05) is 52.4 Å². The molecule has 0 aromatic heterocycles. The summed E-state index contributed by atoms with van der Waals surface area (Å²) in [6, 6.07) is 21.3. The van der Waals surface area contributed by atoms with Gasteiger partial charge in [-0.25, -0.2) is 0 Å². The molecule has 1 N–H and O–H groups in total. The van der Waals surface area contributed by atoms with Crippen molar-refractivity contribution < 1.29 is 24.2 Å². The summed E-state index contributed by atoms with van der Waals surface area (Å²) in [5.74, 6) is -0.348. The van der Waals surface area contributed by atoms with Crippen LogP contribution in [0.2, 0.25) is 0 Å². The molecular weight excluding hydrogens is 482 g/mol. The molecule has 0 radical (unpaired) electrons. The Morgan fingerprint density at radius 3 is 2.16 bits per heavy atom. The Bertz CT molecular complexity index is 1270. The van der Waals surface area contributed by atoms with E-state index in [0.717, 1.165) is 31.7 Å². The van der Waals surface area contributed by atoms with Crippen LogP contribution >= 0.6 is 0 Å². The van der Waals surface area contributed by atoms with E-state index in [1.165, 1.54) is 16.5 Å². The van der Waals surface area contributed by atoms with Crippen molar-refractivity contribution in [2.45, 2.75) is 19.5 Å². The molecule has 3 aromatic rings. The van der Waals surface area contributed by atoms with Crippen LogP contribution in [0.5, 0.6) is 11.5 Å². The van der Waals surface area contributed by atoms with Gasteiger partial charge in [-0.05, 0) is 42.3 Å². The molecule has 2 amide bonds. The van der Waals surface area contributed by atoms with Crippen molar-refractivity contribution >= 4 is 17.5 Å². The lowest BCUT2D eigenvalue weighted by Gasteiger charge is -2.39. The van der Waals surface area contributed by atoms with Gasteiger partial charge in [-0.1, -0.05) is 42.5 Å². The number of anilines is 1. The predicted molar refractivity (Wildman–Crippen MR) is 147 cm³/mol. The summed E-state index contributed by atoms with van der Waals surface area (Å²) in [6.45, 7) is 5.45. The van der Waals surface area contributed by atoms with Crippen LogP contribution in [0.4, 0.5) is 5.69 Å². The lowest BCUT2D eigenvalue weighted by molar-refractivity contribution is 0.0641. The van der Waals surface area contributed by atoms with Crippen LogP contribution in [0, 0.1) is 0 Å². The lowest BCUT2D eigenvalue weighted by Crippen LogP contribution is -2.47. The zero-order valence-corrected chi connectivity index (χ0v) is 22.4. The minimum absolute atomic E-state index is 0.0930. The Balaban J connectivity index is 0.00000107. The first kappa shape index (κ1) is 27.2. The highest BCUT2D eigenvalue weighted by atomic mass is 16.5. The van der Waals surface area contributed by atoms with Crippen molar-refractivity contribution in [2.24, 2.45) is 0 Å². The standard InChI is InChI=1S/C28H29N3O4.C2H6O/c1-19(21-8-4-3-5-9-21)29-13-15-30(16-14-29)23-11-12-24(32)26-25(23)27(33)31(28(26)34)18-20-7-6-10-22(17-20)35-2;1-3-2/h3-12,17,19,32H,13-16,18H2,1-2H3;1-2H3/t19-;/m1./s1. The SMILES string of the molecule is COC.COc1cccc(CN2C(=O)c3c(O)ccc(N4CCN([C@H](C)c5ccccc5)CC4)c3C2=O)c1. The Morgan fingerprint density at radius 1 is 0.842 bits per heavy atom. The molecule has 1 saturated heterocycles. The first-order valence-corrected chi connectivity index (χ1v) is 12.7. The average molecular weight is 518 g/mol. The van der Waals surface area contributed by atoms with Gasteiger partial charge < -0.3 is 19.5 Å². The molecule has 0 spiro atoms. The summed E-state index contributed by atoms with van der Waals surface area (Å²) >= 11 is 0. The van der Waals surface area contributed by atoms with Gasteiger partial charge in [0, 0.05) is 46.4 Å². The number of ether oxygens (including phenoxy) is 2. The average Bonchev–Trinajstić information content (AvgIpc) is 3.20. The number of carbonyl (C=O) groups is 2. The first-order valence-electron chi connectivity index (χ1n) is 12.7. The van der Waals surface area contributed by atoms with Gasteiger partial charge in [0.2, 0.25) is 0 Å². The van der Waals surface area contributed by atoms with E-state index in [-0.39, 0.29) is 23.8 Å². The Morgan fingerprint density at radius 2 is 1.50 bits per heavy atom. The second-order valence-corrected chi connectivity index (χ2v) is 9.42. The molecule has 0 aliphatic carbocycles. The number of hydrogen-bond donors (Lipinski definition) is 1. The van der Waals surface area contributed by atoms with Crippen molar-refractivity contribution in [3.63, 3.8) is 0 Å². The van der Waals surface area contributed by atoms with Crippen molar-refractivity contribution in [3.8, 4) is 11.5 Å². The molecule has 38 heavy (non-hydrogen) atoms. The highest BCUT2D eigenvalue weighted by Gasteiger charge is 2.41. The van der Waals surface area contributed by atoms with E-state index in [9.17, 15) is 14.7 Å². The number of hydrogen-bond acceptors (Lipinski definition) is 7. The van der Waals surface area contributed by atoms with Crippen molar-refractivity contribution in [1.82, 2.24) is 9.80 Å². The summed E-state index contributed by atoms with van der Waals surface area (Å²) < 4.78 is 9.52. The third-order valence-electron chi connectivity index (χ3n) is 7.04. The molecule has 0 saturated carbocycles. The van der Waals surface area contributed by atoms with E-state index < -0.39 is 5.91 Å². The van der Waals surface area contributed by atoms with Gasteiger partial charge in [-0.2, -0.15) is 0 Å².